The molecule has 0 atom stereocenters. The number of hydrogen-bond acceptors (Lipinski definition) is 4. The molecule has 5 rings (SSSR count). The molecule has 6 nitrogen and oxygen atoms in total. The largest absolute Gasteiger partial charge is 0.449 e. The van der Waals surface area contributed by atoms with Crippen LogP contribution in [-0.2, 0) is 9.59 Å². The Balaban J connectivity index is 1.33. The number of rotatable bonds is 4. The topological polar surface area (TPSA) is 53.1 Å². The number of amides is 2. The first-order valence-electron chi connectivity index (χ1n) is 11.3. The summed E-state index contributed by atoms with van der Waals surface area (Å²) < 4.78 is 6.79. The first-order chi connectivity index (χ1) is 17.0. The van der Waals surface area contributed by atoms with Gasteiger partial charge in [-0.15, -0.1) is 0 Å². The molecule has 2 amide bonds. The molecule has 0 aromatic heterocycles. The van der Waals surface area contributed by atoms with Gasteiger partial charge in [0.05, 0.1) is 5.69 Å². The number of piperazine rings is 1. The monoisotopic (exact) mass is 551 g/mol. The lowest BCUT2D eigenvalue weighted by molar-refractivity contribution is -0.131. The van der Waals surface area contributed by atoms with Crippen LogP contribution in [0.25, 0.3) is 6.08 Å². The lowest BCUT2D eigenvalue weighted by Crippen LogP contribution is -2.52. The van der Waals surface area contributed by atoms with Gasteiger partial charge in [-0.3, -0.25) is 14.5 Å². The molecule has 2 heterocycles. The van der Waals surface area contributed by atoms with E-state index in [4.69, 9.17) is 16.3 Å². The molecule has 0 bridgehead atoms. The number of halogens is 2. The highest BCUT2D eigenvalue weighted by Crippen LogP contribution is 2.36. The van der Waals surface area contributed by atoms with Crippen molar-refractivity contribution in [3.63, 3.8) is 0 Å². The zero-order valence-electron chi connectivity index (χ0n) is 18.9. The standard InChI is InChI=1S/C27H23BrClN3O3/c28-22-9-2-1-6-19(22)16-25-27(34)32(23-10-3-4-11-24(23)35-25)18-26(33)31-14-12-30(13-15-31)21-8-5-7-20(29)17-21/h1-11,16-17H,12-15,18H2/b25-16+. The summed E-state index contributed by atoms with van der Waals surface area (Å²) in [6, 6.07) is 22.6. The Bertz CT molecular complexity index is 1300. The number of anilines is 2. The first-order valence-corrected chi connectivity index (χ1v) is 12.5. The summed E-state index contributed by atoms with van der Waals surface area (Å²) in [6.07, 6.45) is 1.70. The Morgan fingerprint density at radius 1 is 0.971 bits per heavy atom. The summed E-state index contributed by atoms with van der Waals surface area (Å²) in [6.45, 7) is 2.50. The smallest absolute Gasteiger partial charge is 0.294 e. The Morgan fingerprint density at radius 3 is 2.49 bits per heavy atom. The predicted molar refractivity (Wildman–Crippen MR) is 142 cm³/mol. The maximum atomic E-state index is 13.4. The molecule has 0 radical (unpaired) electrons. The first kappa shape index (κ1) is 23.5. The van der Waals surface area contributed by atoms with E-state index in [1.54, 1.807) is 18.2 Å². The van der Waals surface area contributed by atoms with Crippen molar-refractivity contribution < 1.29 is 14.3 Å². The molecule has 2 aliphatic rings. The van der Waals surface area contributed by atoms with Crippen LogP contribution in [0.1, 0.15) is 5.56 Å². The summed E-state index contributed by atoms with van der Waals surface area (Å²) in [7, 11) is 0. The van der Waals surface area contributed by atoms with Gasteiger partial charge in [0.2, 0.25) is 5.91 Å². The van der Waals surface area contributed by atoms with Gasteiger partial charge in [-0.2, -0.15) is 0 Å². The molecule has 1 fully saturated rings. The lowest BCUT2D eigenvalue weighted by atomic mass is 10.1. The highest BCUT2D eigenvalue weighted by molar-refractivity contribution is 9.10. The van der Waals surface area contributed by atoms with Crippen molar-refractivity contribution in [1.29, 1.82) is 0 Å². The van der Waals surface area contributed by atoms with Crippen LogP contribution in [0.5, 0.6) is 5.75 Å². The van der Waals surface area contributed by atoms with E-state index in [9.17, 15) is 9.59 Å². The molecule has 178 valence electrons. The minimum Gasteiger partial charge on any atom is -0.449 e. The number of para-hydroxylation sites is 2. The summed E-state index contributed by atoms with van der Waals surface area (Å²) in [4.78, 5) is 32.2. The SMILES string of the molecule is O=C(CN1C(=O)/C(=C\c2ccccc2Br)Oc2ccccc21)N1CCN(c2cccc(Cl)c2)CC1. The normalized spacial score (nSPS) is 16.8. The van der Waals surface area contributed by atoms with Crippen LogP contribution in [-0.4, -0.2) is 49.4 Å². The van der Waals surface area contributed by atoms with Gasteiger partial charge < -0.3 is 14.5 Å². The highest BCUT2D eigenvalue weighted by atomic mass is 79.9. The van der Waals surface area contributed by atoms with Crippen LogP contribution >= 0.6 is 27.5 Å². The van der Waals surface area contributed by atoms with Gasteiger partial charge in [-0.1, -0.05) is 63.9 Å². The Kier molecular flexibility index (Phi) is 6.79. The second-order valence-corrected chi connectivity index (χ2v) is 9.63. The van der Waals surface area contributed by atoms with E-state index in [0.29, 0.717) is 42.6 Å². The zero-order chi connectivity index (χ0) is 24.4. The van der Waals surface area contributed by atoms with Gasteiger partial charge in [0, 0.05) is 41.4 Å². The van der Waals surface area contributed by atoms with E-state index >= 15 is 0 Å². The number of ether oxygens (including phenoxy) is 1. The van der Waals surface area contributed by atoms with Crippen molar-refractivity contribution in [2.24, 2.45) is 0 Å². The third-order valence-electron chi connectivity index (χ3n) is 6.12. The average Bonchev–Trinajstić information content (AvgIpc) is 2.88. The van der Waals surface area contributed by atoms with Gasteiger partial charge in [0.15, 0.2) is 11.5 Å². The summed E-state index contributed by atoms with van der Waals surface area (Å²) in [5, 5.41) is 0.692. The Morgan fingerprint density at radius 2 is 1.71 bits per heavy atom. The van der Waals surface area contributed by atoms with E-state index in [2.05, 4.69) is 20.8 Å². The van der Waals surface area contributed by atoms with Gasteiger partial charge in [-0.25, -0.2) is 0 Å². The third-order valence-corrected chi connectivity index (χ3v) is 7.08. The zero-order valence-corrected chi connectivity index (χ0v) is 21.2. The summed E-state index contributed by atoms with van der Waals surface area (Å²) in [5.41, 5.74) is 2.45. The van der Waals surface area contributed by atoms with Gasteiger partial charge >= 0.3 is 0 Å². The molecule has 0 spiro atoms. The van der Waals surface area contributed by atoms with Crippen molar-refractivity contribution >= 4 is 56.8 Å². The average molecular weight is 553 g/mol. The van der Waals surface area contributed by atoms with Crippen molar-refractivity contribution in [1.82, 2.24) is 4.90 Å². The second kappa shape index (κ2) is 10.1. The van der Waals surface area contributed by atoms with Gasteiger partial charge in [0.25, 0.3) is 5.91 Å². The molecule has 2 aliphatic heterocycles. The van der Waals surface area contributed by atoms with Crippen molar-refractivity contribution in [2.45, 2.75) is 0 Å². The van der Waals surface area contributed by atoms with Gasteiger partial charge in [-0.05, 0) is 48.0 Å². The van der Waals surface area contributed by atoms with E-state index in [0.717, 1.165) is 15.7 Å². The number of hydrogen-bond donors (Lipinski definition) is 0. The molecule has 0 N–H and O–H groups in total. The number of benzene rings is 3. The van der Waals surface area contributed by atoms with Crippen molar-refractivity contribution in [3.05, 3.63) is 93.6 Å². The fraction of sp³-hybridized carbons (Fsp3) is 0.185. The van der Waals surface area contributed by atoms with Crippen LogP contribution in [0.3, 0.4) is 0 Å². The maximum absolute atomic E-state index is 13.4. The molecule has 0 aliphatic carbocycles. The van der Waals surface area contributed by atoms with Crippen LogP contribution in [0.15, 0.2) is 83.0 Å². The quantitative estimate of drug-likeness (QED) is 0.417. The highest BCUT2D eigenvalue weighted by Gasteiger charge is 2.33. The second-order valence-electron chi connectivity index (χ2n) is 8.34. The minimum absolute atomic E-state index is 0.0519. The number of carbonyl (C=O) groups is 2. The Hall–Kier alpha value is -3.29. The number of carbonyl (C=O) groups excluding carboxylic acids is 2. The third kappa shape index (κ3) is 5.06. The summed E-state index contributed by atoms with van der Waals surface area (Å²) >= 11 is 9.64. The van der Waals surface area contributed by atoms with Crippen LogP contribution in [0, 0.1) is 0 Å². The maximum Gasteiger partial charge on any atom is 0.294 e. The van der Waals surface area contributed by atoms with Gasteiger partial charge in [0.1, 0.15) is 6.54 Å². The fourth-order valence-electron chi connectivity index (χ4n) is 4.27. The molecular weight excluding hydrogens is 530 g/mol. The van der Waals surface area contributed by atoms with E-state index in [1.807, 2.05) is 65.6 Å². The molecular formula is C27H23BrClN3O3. The fourth-order valence-corrected chi connectivity index (χ4v) is 4.86. The van der Waals surface area contributed by atoms with Crippen molar-refractivity contribution in [3.8, 4) is 5.75 Å². The van der Waals surface area contributed by atoms with Crippen LogP contribution < -0.4 is 14.5 Å². The predicted octanol–water partition coefficient (Wildman–Crippen LogP) is 5.22. The van der Waals surface area contributed by atoms with E-state index in [1.165, 1.54) is 4.90 Å². The molecule has 8 heteroatoms. The minimum atomic E-state index is -0.342. The lowest BCUT2D eigenvalue weighted by Gasteiger charge is -2.37. The Labute approximate surface area is 217 Å². The summed E-state index contributed by atoms with van der Waals surface area (Å²) in [5.74, 6) is 0.282. The van der Waals surface area contributed by atoms with Crippen molar-refractivity contribution in [2.75, 3.05) is 42.5 Å². The van der Waals surface area contributed by atoms with E-state index < -0.39 is 0 Å². The molecule has 35 heavy (non-hydrogen) atoms. The molecule has 0 saturated carbocycles. The number of nitrogens with zero attached hydrogens (tertiary/aromatic N) is 3. The molecule has 3 aromatic carbocycles. The molecule has 1 saturated heterocycles. The van der Waals surface area contributed by atoms with Crippen LogP contribution in [0.2, 0.25) is 5.02 Å². The van der Waals surface area contributed by atoms with Crippen LogP contribution in [0.4, 0.5) is 11.4 Å². The molecule has 0 unspecified atom stereocenters. The van der Waals surface area contributed by atoms with E-state index in [-0.39, 0.29) is 24.1 Å². The number of fused-ring (bicyclic) bond motifs is 1. The molecule has 3 aromatic rings.